The van der Waals surface area contributed by atoms with E-state index < -0.39 is 0 Å². The summed E-state index contributed by atoms with van der Waals surface area (Å²) < 4.78 is 0. The molecule has 1 rings (SSSR count). The number of aromatic nitrogens is 2. The molecule has 0 amide bonds. The third-order valence-corrected chi connectivity index (χ3v) is 3.00. The highest BCUT2D eigenvalue weighted by atomic mass is 14.8. The maximum absolute atomic E-state index is 4.51. The molecule has 0 unspecified atom stereocenters. The summed E-state index contributed by atoms with van der Waals surface area (Å²) in [5.74, 6) is 1.38. The first-order chi connectivity index (χ1) is 9.92. The van der Waals surface area contributed by atoms with Gasteiger partial charge >= 0.3 is 0 Å². The van der Waals surface area contributed by atoms with Crippen molar-refractivity contribution in [3.63, 3.8) is 0 Å². The van der Waals surface area contributed by atoms with Gasteiger partial charge in [-0.05, 0) is 31.8 Å². The number of nitrogens with zero attached hydrogens (tertiary/aromatic N) is 3. The van der Waals surface area contributed by atoms with E-state index in [0.29, 0.717) is 5.92 Å². The largest absolute Gasteiger partial charge is 0.261 e. The lowest BCUT2D eigenvalue weighted by molar-refractivity contribution is 0.634. The monoisotopic (exact) mass is 283 g/mol. The maximum atomic E-state index is 4.51. The van der Waals surface area contributed by atoms with Crippen molar-refractivity contribution >= 4 is 11.8 Å². The molecule has 3 heteroatoms. The van der Waals surface area contributed by atoms with Crippen LogP contribution in [0.25, 0.3) is 5.57 Å². The molecule has 3 nitrogen and oxygen atoms in total. The Labute approximate surface area is 128 Å². The highest BCUT2D eigenvalue weighted by Crippen LogP contribution is 2.18. The molecule has 0 saturated heterocycles. The van der Waals surface area contributed by atoms with Crippen LogP contribution in [0.4, 0.5) is 0 Å². The van der Waals surface area contributed by atoms with Gasteiger partial charge in [-0.15, -0.1) is 0 Å². The Morgan fingerprint density at radius 2 is 1.90 bits per heavy atom. The van der Waals surface area contributed by atoms with Gasteiger partial charge in [0.1, 0.15) is 5.82 Å². The summed E-state index contributed by atoms with van der Waals surface area (Å²) in [6.45, 7) is 16.4. The average Bonchev–Trinajstić information content (AvgIpc) is 2.43. The first-order valence-corrected chi connectivity index (χ1v) is 7.26. The molecule has 0 aromatic carbocycles. The Morgan fingerprint density at radius 1 is 1.29 bits per heavy atom. The molecule has 0 aliphatic carbocycles. The fourth-order valence-corrected chi connectivity index (χ4v) is 1.92. The second kappa shape index (κ2) is 8.30. The molecule has 0 aliphatic heterocycles. The predicted molar refractivity (Wildman–Crippen MR) is 91.3 cm³/mol. The van der Waals surface area contributed by atoms with Crippen LogP contribution in [0.5, 0.6) is 0 Å². The molecule has 1 aromatic rings. The summed E-state index contributed by atoms with van der Waals surface area (Å²) in [4.78, 5) is 12.8. The first-order valence-electron chi connectivity index (χ1n) is 7.26. The van der Waals surface area contributed by atoms with Crippen LogP contribution in [0.15, 0.2) is 47.9 Å². The third kappa shape index (κ3) is 6.30. The summed E-state index contributed by atoms with van der Waals surface area (Å²) in [6.07, 6.45) is 9.16. The van der Waals surface area contributed by atoms with E-state index in [0.717, 1.165) is 35.5 Å². The van der Waals surface area contributed by atoms with Gasteiger partial charge in [-0.3, -0.25) is 4.99 Å². The second-order valence-corrected chi connectivity index (χ2v) is 5.61. The Morgan fingerprint density at radius 3 is 2.43 bits per heavy atom. The molecule has 0 bridgehead atoms. The fraction of sp³-hybridized carbons (Fsp3) is 0.389. The van der Waals surface area contributed by atoms with Gasteiger partial charge in [0.15, 0.2) is 0 Å². The van der Waals surface area contributed by atoms with E-state index in [1.807, 2.05) is 19.9 Å². The second-order valence-electron chi connectivity index (χ2n) is 5.61. The lowest BCUT2D eigenvalue weighted by Gasteiger charge is -2.08. The molecular formula is C18H25N3. The summed E-state index contributed by atoms with van der Waals surface area (Å²) in [5, 5.41) is 0. The van der Waals surface area contributed by atoms with Gasteiger partial charge in [-0.1, -0.05) is 38.7 Å². The number of aliphatic imine (C=N–C) groups is 1. The van der Waals surface area contributed by atoms with E-state index in [9.17, 15) is 0 Å². The van der Waals surface area contributed by atoms with Crippen LogP contribution < -0.4 is 0 Å². The Balaban J connectivity index is 2.66. The number of hydrogen-bond acceptors (Lipinski definition) is 3. The zero-order valence-corrected chi connectivity index (χ0v) is 13.6. The molecule has 0 aliphatic rings. The molecule has 1 heterocycles. The smallest absolute Gasteiger partial charge is 0.125 e. The van der Waals surface area contributed by atoms with Crippen molar-refractivity contribution in [1.29, 1.82) is 0 Å². The van der Waals surface area contributed by atoms with E-state index in [-0.39, 0.29) is 0 Å². The van der Waals surface area contributed by atoms with Crippen molar-refractivity contribution in [2.75, 3.05) is 0 Å². The molecular weight excluding hydrogens is 258 g/mol. The molecule has 0 N–H and O–H groups in total. The van der Waals surface area contributed by atoms with Crippen molar-refractivity contribution in [1.82, 2.24) is 9.97 Å². The van der Waals surface area contributed by atoms with Gasteiger partial charge in [0.05, 0.1) is 0 Å². The maximum Gasteiger partial charge on any atom is 0.125 e. The van der Waals surface area contributed by atoms with Gasteiger partial charge < -0.3 is 0 Å². The zero-order chi connectivity index (χ0) is 15.8. The number of allylic oxidation sites excluding steroid dienone is 3. The first kappa shape index (κ1) is 17.0. The van der Waals surface area contributed by atoms with Crippen LogP contribution in [0.1, 0.15) is 45.0 Å². The molecule has 0 atom stereocenters. The minimum absolute atomic E-state index is 0.624. The van der Waals surface area contributed by atoms with Crippen LogP contribution >= 0.6 is 0 Å². The summed E-state index contributed by atoms with van der Waals surface area (Å²) in [7, 11) is 0. The van der Waals surface area contributed by atoms with Gasteiger partial charge in [0.2, 0.25) is 0 Å². The lowest BCUT2D eigenvalue weighted by atomic mass is 10.0. The normalized spacial score (nSPS) is 12.1. The molecule has 1 aromatic heterocycles. The van der Waals surface area contributed by atoms with Crippen molar-refractivity contribution in [3.8, 4) is 0 Å². The number of rotatable bonds is 7. The van der Waals surface area contributed by atoms with E-state index in [1.165, 1.54) is 5.57 Å². The van der Waals surface area contributed by atoms with Crippen LogP contribution in [-0.4, -0.2) is 16.2 Å². The molecule has 21 heavy (non-hydrogen) atoms. The highest BCUT2D eigenvalue weighted by molar-refractivity contribution is 6.08. The summed E-state index contributed by atoms with van der Waals surface area (Å²) in [5.41, 5.74) is 3.92. The van der Waals surface area contributed by atoms with E-state index in [1.54, 1.807) is 18.6 Å². The molecule has 112 valence electrons. The van der Waals surface area contributed by atoms with Gasteiger partial charge in [-0.25, -0.2) is 9.97 Å². The van der Waals surface area contributed by atoms with E-state index >= 15 is 0 Å². The van der Waals surface area contributed by atoms with E-state index in [4.69, 9.17) is 0 Å². The van der Waals surface area contributed by atoms with Crippen molar-refractivity contribution in [2.24, 2.45) is 10.9 Å². The number of hydrogen-bond donors (Lipinski definition) is 0. The minimum Gasteiger partial charge on any atom is -0.261 e. The Bertz CT molecular complexity index is 548. The van der Waals surface area contributed by atoms with Crippen molar-refractivity contribution in [2.45, 2.75) is 40.5 Å². The van der Waals surface area contributed by atoms with Crippen LogP contribution in [0, 0.1) is 12.8 Å². The minimum atomic E-state index is 0.624. The van der Waals surface area contributed by atoms with Gasteiger partial charge in [-0.2, -0.15) is 0 Å². The Hall–Kier alpha value is -2.03. The SMILES string of the molecule is C=C(C/C(=C/C)N=CC(=C)c1cnc(C)nc1)CC(C)C. The molecule has 0 saturated carbocycles. The number of aryl methyl sites for hydroxylation is 1. The average molecular weight is 283 g/mol. The predicted octanol–water partition coefficient (Wildman–Crippen LogP) is 4.77. The lowest BCUT2D eigenvalue weighted by Crippen LogP contribution is -1.94. The van der Waals surface area contributed by atoms with Gasteiger partial charge in [0, 0.05) is 36.3 Å². The van der Waals surface area contributed by atoms with Crippen molar-refractivity contribution < 1.29 is 0 Å². The molecule has 0 fully saturated rings. The zero-order valence-electron chi connectivity index (χ0n) is 13.6. The molecule has 0 spiro atoms. The summed E-state index contributed by atoms with van der Waals surface area (Å²) in [6, 6.07) is 0. The quantitative estimate of drug-likeness (QED) is 0.534. The molecule has 0 radical (unpaired) electrons. The standard InChI is InChI=1S/C18H25N3/c1-7-18(9-14(4)8-13(2)3)21-10-15(5)17-11-19-16(6)20-12-17/h7,10-13H,4-5,8-9H2,1-3,6H3/b18-7-,21-10?. The van der Waals surface area contributed by atoms with Gasteiger partial charge in [0.25, 0.3) is 0 Å². The van der Waals surface area contributed by atoms with Crippen LogP contribution in [0.3, 0.4) is 0 Å². The van der Waals surface area contributed by atoms with Crippen molar-refractivity contribution in [3.05, 3.63) is 54.3 Å². The third-order valence-electron chi connectivity index (χ3n) is 3.00. The summed E-state index contributed by atoms with van der Waals surface area (Å²) >= 11 is 0. The van der Waals surface area contributed by atoms with Crippen LogP contribution in [0.2, 0.25) is 0 Å². The topological polar surface area (TPSA) is 38.1 Å². The fourth-order valence-electron chi connectivity index (χ4n) is 1.92. The highest BCUT2D eigenvalue weighted by Gasteiger charge is 2.02. The van der Waals surface area contributed by atoms with Crippen LogP contribution in [-0.2, 0) is 0 Å². The Kier molecular flexibility index (Phi) is 6.73. The van der Waals surface area contributed by atoms with E-state index in [2.05, 4.69) is 42.0 Å².